The molecule has 1 unspecified atom stereocenters. The summed E-state index contributed by atoms with van der Waals surface area (Å²) in [5.41, 5.74) is 3.30. The number of nitrogens with zero attached hydrogens (tertiary/aromatic N) is 2. The summed E-state index contributed by atoms with van der Waals surface area (Å²) in [5.74, 6) is 1.08. The number of ether oxygens (including phenoxy) is 1. The number of amides is 1. The Labute approximate surface area is 171 Å². The first-order chi connectivity index (χ1) is 14.1. The molecule has 0 bridgehead atoms. The number of aromatic nitrogens is 2. The van der Waals surface area contributed by atoms with E-state index in [1.807, 2.05) is 80.6 Å². The monoisotopic (exact) mass is 387 g/mol. The molecule has 1 aromatic heterocycles. The third kappa shape index (κ3) is 5.29. The number of nitrogens with one attached hydrogen (secondary N) is 1. The maximum Gasteiger partial charge on any atom is 0.228 e. The van der Waals surface area contributed by atoms with Gasteiger partial charge in [-0.2, -0.15) is 0 Å². The van der Waals surface area contributed by atoms with Gasteiger partial charge in [-0.1, -0.05) is 50.3 Å². The van der Waals surface area contributed by atoms with Gasteiger partial charge in [-0.25, -0.2) is 9.97 Å². The number of hydrogen-bond acceptors (Lipinski definition) is 4. The molecule has 3 rings (SSSR count). The van der Waals surface area contributed by atoms with Crippen molar-refractivity contribution in [2.75, 3.05) is 12.4 Å². The highest BCUT2D eigenvalue weighted by Crippen LogP contribution is 2.24. The van der Waals surface area contributed by atoms with Gasteiger partial charge in [0.1, 0.15) is 11.4 Å². The molecular formula is C24H25N3O2. The third-order valence-corrected chi connectivity index (χ3v) is 4.72. The van der Waals surface area contributed by atoms with E-state index >= 15 is 0 Å². The predicted octanol–water partition coefficient (Wildman–Crippen LogP) is 5.31. The highest BCUT2D eigenvalue weighted by molar-refractivity contribution is 5.93. The smallest absolute Gasteiger partial charge is 0.228 e. The highest BCUT2D eigenvalue weighted by Gasteiger charge is 2.14. The Hall–Kier alpha value is -3.47. The fourth-order valence-corrected chi connectivity index (χ4v) is 2.68. The Morgan fingerprint density at radius 1 is 1.10 bits per heavy atom. The summed E-state index contributed by atoms with van der Waals surface area (Å²) < 4.78 is 5.22. The summed E-state index contributed by atoms with van der Waals surface area (Å²) in [4.78, 5) is 21.6. The van der Waals surface area contributed by atoms with E-state index in [1.165, 1.54) is 0 Å². The van der Waals surface area contributed by atoms with Gasteiger partial charge in [0.2, 0.25) is 5.91 Å². The number of carbonyl (C=O) groups excluding carboxylic acids is 1. The summed E-state index contributed by atoms with van der Waals surface area (Å²) in [6.07, 6.45) is 6.27. The number of carbonyl (C=O) groups is 1. The Balaban J connectivity index is 1.96. The SMILES string of the molecule is CCC(C)C(=O)Nc1ncc(-c2ccc(OC)cc2)nc1/C=C/c1ccccc1. The molecule has 1 amide bonds. The first-order valence-electron chi connectivity index (χ1n) is 9.66. The van der Waals surface area contributed by atoms with Gasteiger partial charge in [0.15, 0.2) is 5.82 Å². The topological polar surface area (TPSA) is 64.1 Å². The lowest BCUT2D eigenvalue weighted by molar-refractivity contribution is -0.119. The molecule has 1 N–H and O–H groups in total. The van der Waals surface area contributed by atoms with Crippen LogP contribution in [0.5, 0.6) is 5.75 Å². The van der Waals surface area contributed by atoms with E-state index in [9.17, 15) is 4.79 Å². The summed E-state index contributed by atoms with van der Waals surface area (Å²) in [5, 5.41) is 2.91. The lowest BCUT2D eigenvalue weighted by Gasteiger charge is -2.12. The van der Waals surface area contributed by atoms with Crippen molar-refractivity contribution in [3.05, 3.63) is 72.1 Å². The molecule has 0 aliphatic heterocycles. The van der Waals surface area contributed by atoms with Crippen molar-refractivity contribution in [1.82, 2.24) is 9.97 Å². The zero-order chi connectivity index (χ0) is 20.6. The van der Waals surface area contributed by atoms with Crippen LogP contribution in [0.1, 0.15) is 31.5 Å². The zero-order valence-electron chi connectivity index (χ0n) is 16.9. The van der Waals surface area contributed by atoms with Crippen molar-refractivity contribution in [2.24, 2.45) is 5.92 Å². The fraction of sp³-hybridized carbons (Fsp3) is 0.208. The van der Waals surface area contributed by atoms with Crippen molar-refractivity contribution >= 4 is 23.9 Å². The van der Waals surface area contributed by atoms with Gasteiger partial charge < -0.3 is 10.1 Å². The van der Waals surface area contributed by atoms with Gasteiger partial charge in [0.25, 0.3) is 0 Å². The molecule has 0 aliphatic carbocycles. The minimum absolute atomic E-state index is 0.0617. The third-order valence-electron chi connectivity index (χ3n) is 4.72. The van der Waals surface area contributed by atoms with Crippen LogP contribution in [0.2, 0.25) is 0 Å². The molecule has 0 fully saturated rings. The first-order valence-corrected chi connectivity index (χ1v) is 9.66. The van der Waals surface area contributed by atoms with Crippen molar-refractivity contribution in [2.45, 2.75) is 20.3 Å². The Bertz CT molecular complexity index is 983. The maximum atomic E-state index is 12.4. The van der Waals surface area contributed by atoms with Gasteiger partial charge in [-0.05, 0) is 42.3 Å². The molecule has 29 heavy (non-hydrogen) atoms. The van der Waals surface area contributed by atoms with Crippen molar-refractivity contribution < 1.29 is 9.53 Å². The van der Waals surface area contributed by atoms with E-state index in [1.54, 1.807) is 13.3 Å². The minimum atomic E-state index is -0.0935. The van der Waals surface area contributed by atoms with Crippen LogP contribution in [0, 0.1) is 5.92 Å². The molecule has 5 heteroatoms. The van der Waals surface area contributed by atoms with Crippen molar-refractivity contribution in [3.8, 4) is 17.0 Å². The van der Waals surface area contributed by atoms with Crippen LogP contribution in [0.3, 0.4) is 0 Å². The van der Waals surface area contributed by atoms with Crippen LogP contribution in [0.25, 0.3) is 23.4 Å². The summed E-state index contributed by atoms with van der Waals surface area (Å²) >= 11 is 0. The zero-order valence-corrected chi connectivity index (χ0v) is 16.9. The second kappa shape index (κ2) is 9.64. The quantitative estimate of drug-likeness (QED) is 0.597. The van der Waals surface area contributed by atoms with Crippen LogP contribution in [0.4, 0.5) is 5.82 Å². The van der Waals surface area contributed by atoms with Crippen LogP contribution < -0.4 is 10.1 Å². The molecule has 1 heterocycles. The Morgan fingerprint density at radius 3 is 2.48 bits per heavy atom. The molecule has 2 aromatic carbocycles. The maximum absolute atomic E-state index is 12.4. The Morgan fingerprint density at radius 2 is 1.83 bits per heavy atom. The van der Waals surface area contributed by atoms with E-state index in [2.05, 4.69) is 10.3 Å². The Kier molecular flexibility index (Phi) is 6.74. The second-order valence-corrected chi connectivity index (χ2v) is 6.76. The van der Waals surface area contributed by atoms with E-state index < -0.39 is 0 Å². The average Bonchev–Trinajstić information content (AvgIpc) is 2.78. The average molecular weight is 387 g/mol. The van der Waals surface area contributed by atoms with Gasteiger partial charge in [0, 0.05) is 11.5 Å². The van der Waals surface area contributed by atoms with Crippen molar-refractivity contribution in [3.63, 3.8) is 0 Å². The van der Waals surface area contributed by atoms with Gasteiger partial charge in [-0.3, -0.25) is 4.79 Å². The molecule has 5 nitrogen and oxygen atoms in total. The van der Waals surface area contributed by atoms with Crippen LogP contribution >= 0.6 is 0 Å². The molecule has 0 radical (unpaired) electrons. The molecule has 0 spiro atoms. The number of anilines is 1. The van der Waals surface area contributed by atoms with Gasteiger partial charge in [-0.15, -0.1) is 0 Å². The van der Waals surface area contributed by atoms with Crippen LogP contribution in [0.15, 0.2) is 60.8 Å². The first kappa shape index (κ1) is 20.3. The van der Waals surface area contributed by atoms with E-state index in [4.69, 9.17) is 9.72 Å². The number of rotatable bonds is 7. The van der Waals surface area contributed by atoms with Gasteiger partial charge in [0.05, 0.1) is 19.0 Å². The van der Waals surface area contributed by atoms with Gasteiger partial charge >= 0.3 is 0 Å². The lowest BCUT2D eigenvalue weighted by atomic mass is 10.1. The standard InChI is InChI=1S/C24H25N3O2/c1-4-17(2)24(28)27-23-21(15-10-18-8-6-5-7-9-18)26-22(16-25-23)19-11-13-20(29-3)14-12-19/h5-17H,4H2,1-3H3,(H,25,27,28)/b15-10+. The molecule has 3 aromatic rings. The summed E-state index contributed by atoms with van der Waals surface area (Å²) in [6, 6.07) is 17.6. The predicted molar refractivity (Wildman–Crippen MR) is 117 cm³/mol. The van der Waals surface area contributed by atoms with Crippen molar-refractivity contribution in [1.29, 1.82) is 0 Å². The second-order valence-electron chi connectivity index (χ2n) is 6.76. The number of benzene rings is 2. The fourth-order valence-electron chi connectivity index (χ4n) is 2.68. The molecular weight excluding hydrogens is 362 g/mol. The molecule has 0 saturated heterocycles. The molecule has 148 valence electrons. The van der Waals surface area contributed by atoms with Crippen LogP contribution in [-0.4, -0.2) is 23.0 Å². The lowest BCUT2D eigenvalue weighted by Crippen LogP contribution is -2.21. The van der Waals surface area contributed by atoms with Crippen LogP contribution in [-0.2, 0) is 4.79 Å². The molecule has 1 atom stereocenters. The van der Waals surface area contributed by atoms with E-state index in [0.29, 0.717) is 11.5 Å². The summed E-state index contributed by atoms with van der Waals surface area (Å²) in [6.45, 7) is 3.88. The summed E-state index contributed by atoms with van der Waals surface area (Å²) in [7, 11) is 1.63. The largest absolute Gasteiger partial charge is 0.497 e. The highest BCUT2D eigenvalue weighted by atomic mass is 16.5. The number of hydrogen-bond donors (Lipinski definition) is 1. The van der Waals surface area contributed by atoms with E-state index in [0.717, 1.165) is 29.0 Å². The molecule has 0 aliphatic rings. The number of methoxy groups -OCH3 is 1. The minimum Gasteiger partial charge on any atom is -0.497 e. The van der Waals surface area contributed by atoms with E-state index in [-0.39, 0.29) is 11.8 Å². The normalized spacial score (nSPS) is 12.0. The molecule has 0 saturated carbocycles.